The first-order chi connectivity index (χ1) is 15.0. The largest absolute Gasteiger partial charge is 0.497 e. The molecule has 3 heterocycles. The van der Waals surface area contributed by atoms with Crippen LogP contribution < -0.4 is 10.1 Å². The monoisotopic (exact) mass is 428 g/mol. The highest BCUT2D eigenvalue weighted by Crippen LogP contribution is 2.48. The first kappa shape index (κ1) is 21.5. The van der Waals surface area contributed by atoms with E-state index in [4.69, 9.17) is 4.74 Å². The number of nitrogens with one attached hydrogen (secondary N) is 2. The summed E-state index contributed by atoms with van der Waals surface area (Å²) >= 11 is 0. The highest BCUT2D eigenvalue weighted by molar-refractivity contribution is 5.90. The van der Waals surface area contributed by atoms with Crippen LogP contribution in [0.5, 0.6) is 5.75 Å². The molecule has 168 valence electrons. The first-order valence-corrected chi connectivity index (χ1v) is 11.1. The van der Waals surface area contributed by atoms with Crippen LogP contribution >= 0.6 is 0 Å². The summed E-state index contributed by atoms with van der Waals surface area (Å²) in [5.74, 6) is 0.783. The van der Waals surface area contributed by atoms with Crippen molar-refractivity contribution in [2.75, 3.05) is 39.9 Å². The van der Waals surface area contributed by atoms with Crippen molar-refractivity contribution in [2.45, 2.75) is 44.6 Å². The van der Waals surface area contributed by atoms with Crippen molar-refractivity contribution in [3.8, 4) is 5.75 Å². The minimum absolute atomic E-state index is 0.0386. The number of methoxy groups -OCH3 is 1. The van der Waals surface area contributed by atoms with Crippen LogP contribution in [-0.4, -0.2) is 71.7 Å². The molecule has 4 rings (SSSR count). The third kappa shape index (κ3) is 3.52. The van der Waals surface area contributed by atoms with Gasteiger partial charge >= 0.3 is 6.03 Å². The lowest BCUT2D eigenvalue weighted by Crippen LogP contribution is -2.69. The summed E-state index contributed by atoms with van der Waals surface area (Å²) in [6.45, 7) is 6.09. The van der Waals surface area contributed by atoms with E-state index in [9.17, 15) is 14.7 Å². The van der Waals surface area contributed by atoms with Crippen LogP contribution in [0.3, 0.4) is 0 Å². The predicted molar refractivity (Wildman–Crippen MR) is 118 cm³/mol. The number of hydrogen-bond donors (Lipinski definition) is 3. The molecule has 2 aromatic rings. The van der Waals surface area contributed by atoms with E-state index in [-0.39, 0.29) is 24.0 Å². The number of urea groups is 1. The molecule has 2 aliphatic rings. The number of hydrogen-bond acceptors (Lipinski definition) is 4. The van der Waals surface area contributed by atoms with Crippen LogP contribution in [0.25, 0.3) is 10.9 Å². The number of aromatic amines is 1. The molecule has 0 saturated carbocycles. The molecule has 1 spiro atoms. The van der Waals surface area contributed by atoms with Gasteiger partial charge in [0.2, 0.25) is 5.91 Å². The van der Waals surface area contributed by atoms with Gasteiger partial charge in [0.25, 0.3) is 0 Å². The zero-order chi connectivity index (χ0) is 22.2. The third-order valence-electron chi connectivity index (χ3n) is 6.51. The van der Waals surface area contributed by atoms with Gasteiger partial charge in [-0.1, -0.05) is 13.8 Å². The second kappa shape index (κ2) is 8.42. The van der Waals surface area contributed by atoms with Gasteiger partial charge < -0.3 is 29.9 Å². The topological polar surface area (TPSA) is 97.9 Å². The van der Waals surface area contributed by atoms with Crippen LogP contribution in [0.4, 0.5) is 4.79 Å². The lowest BCUT2D eigenvalue weighted by Gasteiger charge is -2.56. The molecule has 31 heavy (non-hydrogen) atoms. The maximum Gasteiger partial charge on any atom is 0.317 e. The first-order valence-electron chi connectivity index (χ1n) is 11.1. The van der Waals surface area contributed by atoms with Crippen molar-refractivity contribution >= 4 is 22.8 Å². The fourth-order valence-electron chi connectivity index (χ4n) is 5.06. The number of likely N-dealkylation sites (tertiary alicyclic amines) is 1. The van der Waals surface area contributed by atoms with Crippen molar-refractivity contribution in [3.63, 3.8) is 0 Å². The van der Waals surface area contributed by atoms with Crippen LogP contribution in [0.15, 0.2) is 18.2 Å². The molecule has 8 nitrogen and oxygen atoms in total. The van der Waals surface area contributed by atoms with Crippen LogP contribution in [0, 0.1) is 0 Å². The quantitative estimate of drug-likeness (QED) is 0.659. The Bertz CT molecular complexity index is 979. The standard InChI is InChI=1S/C23H32N4O4/c1-4-6-19(29)27-14-23(12-26(13-23)22(30)24-9-5-2)20-16-8-7-15(31-3)10-17(16)25-21(20)18(27)11-28/h7-8,10,18,25,28H,4-6,9,11-14H2,1-3H3,(H,24,30)/t18-/m1/s1. The minimum Gasteiger partial charge on any atom is -0.497 e. The molecule has 0 unspecified atom stereocenters. The highest BCUT2D eigenvalue weighted by atomic mass is 16.5. The van der Waals surface area contributed by atoms with Gasteiger partial charge in [0.05, 0.1) is 25.2 Å². The summed E-state index contributed by atoms with van der Waals surface area (Å²) in [4.78, 5) is 32.6. The van der Waals surface area contributed by atoms with Crippen LogP contribution in [0.1, 0.15) is 50.4 Å². The Hall–Kier alpha value is -2.74. The van der Waals surface area contributed by atoms with Crippen molar-refractivity contribution in [1.82, 2.24) is 20.1 Å². The molecule has 0 radical (unpaired) electrons. The number of carbonyl (C=O) groups is 2. The number of ether oxygens (including phenoxy) is 1. The number of rotatable bonds is 6. The van der Waals surface area contributed by atoms with Gasteiger partial charge in [-0.2, -0.15) is 0 Å². The number of carbonyl (C=O) groups excluding carboxylic acids is 2. The molecule has 1 atom stereocenters. The molecule has 1 fully saturated rings. The van der Waals surface area contributed by atoms with Gasteiger partial charge in [0.15, 0.2) is 0 Å². The van der Waals surface area contributed by atoms with E-state index in [1.807, 2.05) is 36.9 Å². The Morgan fingerprint density at radius 2 is 2.03 bits per heavy atom. The molecule has 1 saturated heterocycles. The van der Waals surface area contributed by atoms with E-state index in [0.717, 1.165) is 40.8 Å². The lowest BCUT2D eigenvalue weighted by molar-refractivity contribution is -0.138. The van der Waals surface area contributed by atoms with Crippen LogP contribution in [0.2, 0.25) is 0 Å². The Labute approximate surface area is 182 Å². The Morgan fingerprint density at radius 3 is 2.68 bits per heavy atom. The summed E-state index contributed by atoms with van der Waals surface area (Å²) in [7, 11) is 1.63. The van der Waals surface area contributed by atoms with Gasteiger partial charge in [-0.05, 0) is 30.5 Å². The average Bonchev–Trinajstić information content (AvgIpc) is 3.13. The zero-order valence-electron chi connectivity index (χ0n) is 18.5. The molecule has 3 N–H and O–H groups in total. The zero-order valence-corrected chi connectivity index (χ0v) is 18.5. The summed E-state index contributed by atoms with van der Waals surface area (Å²) in [5, 5.41) is 14.2. The molecule has 3 amide bonds. The molecular formula is C23H32N4O4. The lowest BCUT2D eigenvalue weighted by atomic mass is 9.68. The van der Waals surface area contributed by atoms with Gasteiger partial charge in [0, 0.05) is 55.3 Å². The number of aromatic nitrogens is 1. The maximum atomic E-state index is 13.0. The van der Waals surface area contributed by atoms with Gasteiger partial charge in [0.1, 0.15) is 5.75 Å². The summed E-state index contributed by atoms with van der Waals surface area (Å²) < 4.78 is 5.38. The molecule has 1 aromatic carbocycles. The van der Waals surface area contributed by atoms with Crippen LogP contribution in [-0.2, 0) is 10.2 Å². The molecule has 0 aliphatic carbocycles. The number of nitrogens with zero attached hydrogens (tertiary/aromatic N) is 2. The van der Waals surface area contributed by atoms with Crippen molar-refractivity contribution in [1.29, 1.82) is 0 Å². The highest BCUT2D eigenvalue weighted by Gasteiger charge is 2.54. The fourth-order valence-corrected chi connectivity index (χ4v) is 5.06. The van der Waals surface area contributed by atoms with E-state index in [1.54, 1.807) is 12.0 Å². The van der Waals surface area contributed by atoms with Crippen molar-refractivity contribution < 1.29 is 19.4 Å². The van der Waals surface area contributed by atoms with Crippen molar-refractivity contribution in [3.05, 3.63) is 29.5 Å². The molecule has 2 aliphatic heterocycles. The summed E-state index contributed by atoms with van der Waals surface area (Å²) in [5.41, 5.74) is 2.56. The smallest absolute Gasteiger partial charge is 0.317 e. The average molecular weight is 429 g/mol. The molecular weight excluding hydrogens is 396 g/mol. The van der Waals surface area contributed by atoms with Gasteiger partial charge in [-0.15, -0.1) is 0 Å². The van der Waals surface area contributed by atoms with E-state index < -0.39 is 6.04 Å². The molecule has 0 bridgehead atoms. The Balaban J connectivity index is 1.77. The molecule has 8 heteroatoms. The SMILES string of the molecule is CCCNC(=O)N1CC2(C1)CN(C(=O)CCC)[C@H](CO)c1[nH]c3cc(OC)ccc3c12. The van der Waals surface area contributed by atoms with E-state index >= 15 is 0 Å². The Kier molecular flexibility index (Phi) is 5.83. The number of benzene rings is 1. The van der Waals surface area contributed by atoms with E-state index in [1.165, 1.54) is 0 Å². The van der Waals surface area contributed by atoms with Gasteiger partial charge in [-0.3, -0.25) is 4.79 Å². The van der Waals surface area contributed by atoms with Crippen molar-refractivity contribution in [2.24, 2.45) is 0 Å². The second-order valence-electron chi connectivity index (χ2n) is 8.66. The maximum absolute atomic E-state index is 13.0. The number of H-pyrrole nitrogens is 1. The minimum atomic E-state index is -0.416. The molecule has 1 aromatic heterocycles. The summed E-state index contributed by atoms with van der Waals surface area (Å²) in [6.07, 6.45) is 2.08. The van der Waals surface area contributed by atoms with Gasteiger partial charge in [-0.25, -0.2) is 4.79 Å². The number of aliphatic hydroxyl groups is 1. The van der Waals surface area contributed by atoms with E-state index in [0.29, 0.717) is 32.6 Å². The number of amides is 3. The normalized spacial score (nSPS) is 19.3. The Morgan fingerprint density at radius 1 is 1.26 bits per heavy atom. The predicted octanol–water partition coefficient (Wildman–Crippen LogP) is 2.53. The number of fused-ring (bicyclic) bond motifs is 4. The fraction of sp³-hybridized carbons (Fsp3) is 0.565. The van der Waals surface area contributed by atoms with E-state index in [2.05, 4.69) is 10.3 Å². The second-order valence-corrected chi connectivity index (χ2v) is 8.66. The number of aliphatic hydroxyl groups excluding tert-OH is 1. The summed E-state index contributed by atoms with van der Waals surface area (Å²) in [6, 6.07) is 5.42. The third-order valence-corrected chi connectivity index (χ3v) is 6.51.